The fourth-order valence-corrected chi connectivity index (χ4v) is 7.42. The van der Waals surface area contributed by atoms with Gasteiger partial charge in [-0.15, -0.1) is 0 Å². The first-order valence-corrected chi connectivity index (χ1v) is 19.0. The van der Waals surface area contributed by atoms with E-state index in [1.807, 2.05) is 57.2 Å². The Morgan fingerprint density at radius 2 is 1.81 bits per heavy atom. The molecule has 0 unspecified atom stereocenters. The number of carbonyl (C=O) groups excluding carboxylic acids is 2. The number of ether oxygens (including phenoxy) is 2. The van der Waals surface area contributed by atoms with Gasteiger partial charge in [0.25, 0.3) is 0 Å². The maximum Gasteiger partial charge on any atom is 0.410 e. The van der Waals surface area contributed by atoms with Crippen LogP contribution < -0.4 is 15.4 Å². The standard InChI is InChI=1S/C42H48Cl2N6O4/c1-25(2)20-45-21-28-22-49(6)35-19-26(11-14-30(28)35)39-38(44)32(17-18-46-39)31-9-8-10-33(37(31)43)34-15-12-27(40(48-34)53-7)23-50(41(52)54-42(3,4)5)24-29-13-16-36(51)47-29/h8-12,14-15,17-19,22,25,29,45H,13,16,20-21,23-24H2,1-7H3,(H,47,51)/t29-/m0/s1. The van der Waals surface area contributed by atoms with Crippen LogP contribution in [0.1, 0.15) is 58.6 Å². The number of nitrogens with zero attached hydrogens (tertiary/aromatic N) is 4. The summed E-state index contributed by atoms with van der Waals surface area (Å²) in [7, 11) is 3.59. The normalized spacial score (nSPS) is 14.5. The molecule has 1 saturated heterocycles. The van der Waals surface area contributed by atoms with Crippen molar-refractivity contribution < 1.29 is 19.1 Å². The van der Waals surface area contributed by atoms with Crippen LogP contribution in [0.5, 0.6) is 5.88 Å². The van der Waals surface area contributed by atoms with E-state index in [0.717, 1.165) is 35.3 Å². The van der Waals surface area contributed by atoms with Gasteiger partial charge < -0.3 is 29.6 Å². The van der Waals surface area contributed by atoms with E-state index in [2.05, 4.69) is 60.5 Å². The molecule has 6 rings (SSSR count). The Hall–Kier alpha value is -4.64. The fourth-order valence-electron chi connectivity index (χ4n) is 6.77. The van der Waals surface area contributed by atoms with Crippen LogP contribution in [-0.4, -0.2) is 63.3 Å². The molecule has 0 radical (unpaired) electrons. The molecule has 284 valence electrons. The summed E-state index contributed by atoms with van der Waals surface area (Å²) in [6.07, 6.45) is 4.51. The number of aromatic nitrogens is 3. The van der Waals surface area contributed by atoms with Crippen molar-refractivity contribution in [2.45, 2.75) is 72.2 Å². The zero-order chi connectivity index (χ0) is 38.7. The van der Waals surface area contributed by atoms with Gasteiger partial charge in [0, 0.05) is 83.7 Å². The van der Waals surface area contributed by atoms with E-state index in [0.29, 0.717) is 63.7 Å². The number of pyridine rings is 2. The van der Waals surface area contributed by atoms with Gasteiger partial charge in [0.15, 0.2) is 0 Å². The predicted octanol–water partition coefficient (Wildman–Crippen LogP) is 9.05. The molecule has 2 N–H and O–H groups in total. The first kappa shape index (κ1) is 39.1. The molecule has 0 aliphatic carbocycles. The molecule has 3 aromatic heterocycles. The molecule has 1 aliphatic rings. The average Bonchev–Trinajstić information content (AvgIpc) is 3.68. The van der Waals surface area contributed by atoms with Gasteiger partial charge in [0.2, 0.25) is 11.8 Å². The highest BCUT2D eigenvalue weighted by Crippen LogP contribution is 2.42. The van der Waals surface area contributed by atoms with Crippen LogP contribution in [0.4, 0.5) is 4.79 Å². The molecule has 0 saturated carbocycles. The number of hydrogen-bond acceptors (Lipinski definition) is 7. The molecule has 5 aromatic rings. The number of fused-ring (bicyclic) bond motifs is 1. The molecule has 1 fully saturated rings. The molecular formula is C42H48Cl2N6O4. The van der Waals surface area contributed by atoms with E-state index in [1.54, 1.807) is 11.1 Å². The van der Waals surface area contributed by atoms with Gasteiger partial charge in [0.1, 0.15) is 5.60 Å². The zero-order valence-corrected chi connectivity index (χ0v) is 33.4. The van der Waals surface area contributed by atoms with E-state index in [9.17, 15) is 9.59 Å². The Kier molecular flexibility index (Phi) is 11.9. The third-order valence-corrected chi connectivity index (χ3v) is 10.1. The van der Waals surface area contributed by atoms with Gasteiger partial charge in [0.05, 0.1) is 35.1 Å². The Morgan fingerprint density at radius 3 is 2.52 bits per heavy atom. The first-order valence-electron chi connectivity index (χ1n) is 18.3. The van der Waals surface area contributed by atoms with Crippen LogP contribution in [0.3, 0.4) is 0 Å². The van der Waals surface area contributed by atoms with Crippen LogP contribution in [0.25, 0.3) is 44.5 Å². The van der Waals surface area contributed by atoms with E-state index in [1.165, 1.54) is 18.1 Å². The van der Waals surface area contributed by atoms with Crippen molar-refractivity contribution in [1.82, 2.24) is 30.1 Å². The number of methoxy groups -OCH3 is 1. The number of carbonyl (C=O) groups is 2. The molecule has 2 amide bonds. The van der Waals surface area contributed by atoms with Gasteiger partial charge >= 0.3 is 6.09 Å². The van der Waals surface area contributed by atoms with Crippen LogP contribution >= 0.6 is 23.2 Å². The smallest absolute Gasteiger partial charge is 0.410 e. The number of halogens is 2. The van der Waals surface area contributed by atoms with E-state index in [4.69, 9.17) is 42.6 Å². The molecule has 0 bridgehead atoms. The average molecular weight is 772 g/mol. The molecule has 54 heavy (non-hydrogen) atoms. The van der Waals surface area contributed by atoms with Crippen molar-refractivity contribution in [2.75, 3.05) is 20.2 Å². The van der Waals surface area contributed by atoms with Gasteiger partial charge in [-0.1, -0.05) is 67.4 Å². The van der Waals surface area contributed by atoms with Crippen LogP contribution in [0, 0.1) is 5.92 Å². The lowest BCUT2D eigenvalue weighted by Gasteiger charge is -2.29. The molecule has 10 nitrogen and oxygen atoms in total. The minimum atomic E-state index is -0.690. The lowest BCUT2D eigenvalue weighted by atomic mass is 9.99. The van der Waals surface area contributed by atoms with Crippen molar-refractivity contribution in [1.29, 1.82) is 0 Å². The first-order chi connectivity index (χ1) is 25.7. The van der Waals surface area contributed by atoms with Gasteiger partial charge in [-0.05, 0) is 69.5 Å². The van der Waals surface area contributed by atoms with E-state index in [-0.39, 0.29) is 18.5 Å². The van der Waals surface area contributed by atoms with Crippen LogP contribution in [0.2, 0.25) is 10.0 Å². The maximum absolute atomic E-state index is 13.3. The highest BCUT2D eigenvalue weighted by atomic mass is 35.5. The number of rotatable bonds is 12. The van der Waals surface area contributed by atoms with E-state index < -0.39 is 11.7 Å². The topological polar surface area (TPSA) is 111 Å². The Balaban J connectivity index is 1.28. The zero-order valence-electron chi connectivity index (χ0n) is 31.9. The van der Waals surface area contributed by atoms with Crippen molar-refractivity contribution in [3.8, 4) is 39.5 Å². The summed E-state index contributed by atoms with van der Waals surface area (Å²) in [5, 5.41) is 8.64. The lowest BCUT2D eigenvalue weighted by molar-refractivity contribution is -0.119. The highest BCUT2D eigenvalue weighted by Gasteiger charge is 2.29. The molecule has 1 atom stereocenters. The minimum absolute atomic E-state index is 0.0240. The van der Waals surface area contributed by atoms with Gasteiger partial charge in [-0.25, -0.2) is 9.78 Å². The number of nitrogens with one attached hydrogen (secondary N) is 2. The number of benzene rings is 2. The molecule has 4 heterocycles. The van der Waals surface area contributed by atoms with E-state index >= 15 is 0 Å². The lowest BCUT2D eigenvalue weighted by Crippen LogP contribution is -2.43. The van der Waals surface area contributed by atoms with Crippen molar-refractivity contribution in [2.24, 2.45) is 13.0 Å². The molecular weight excluding hydrogens is 723 g/mol. The number of amides is 2. The summed E-state index contributed by atoms with van der Waals surface area (Å²) in [6, 6.07) is 17.5. The van der Waals surface area contributed by atoms with Gasteiger partial charge in [-0.3, -0.25) is 9.78 Å². The van der Waals surface area contributed by atoms with Crippen molar-refractivity contribution in [3.05, 3.63) is 88.2 Å². The van der Waals surface area contributed by atoms with Crippen molar-refractivity contribution >= 4 is 46.1 Å². The fraction of sp³-hybridized carbons (Fsp3) is 0.381. The summed E-state index contributed by atoms with van der Waals surface area (Å²) in [5.74, 6) is 0.898. The van der Waals surface area contributed by atoms with Crippen LogP contribution in [0.15, 0.2) is 67.0 Å². The largest absolute Gasteiger partial charge is 0.481 e. The third-order valence-electron chi connectivity index (χ3n) is 9.34. The van der Waals surface area contributed by atoms with Crippen LogP contribution in [-0.2, 0) is 29.7 Å². The second kappa shape index (κ2) is 16.4. The Labute approximate surface area is 327 Å². The second-order valence-corrected chi connectivity index (χ2v) is 16.0. The second-order valence-electron chi connectivity index (χ2n) is 15.2. The molecule has 0 spiro atoms. The monoisotopic (exact) mass is 770 g/mol. The minimum Gasteiger partial charge on any atom is -0.481 e. The Bertz CT molecular complexity index is 2180. The Morgan fingerprint density at radius 1 is 1.06 bits per heavy atom. The predicted molar refractivity (Wildman–Crippen MR) is 216 cm³/mol. The summed E-state index contributed by atoms with van der Waals surface area (Å²) >= 11 is 14.3. The van der Waals surface area contributed by atoms with Gasteiger partial charge in [-0.2, -0.15) is 0 Å². The third kappa shape index (κ3) is 8.83. The summed E-state index contributed by atoms with van der Waals surface area (Å²) < 4.78 is 13.6. The SMILES string of the molecule is COc1nc(-c2cccc(-c3ccnc(-c4ccc5c(CNCC(C)C)cn(C)c5c4)c3Cl)c2Cl)ccc1CN(C[C@@H]1CCC(=O)N1)C(=O)OC(C)(C)C. The quantitative estimate of drug-likeness (QED) is 0.130. The molecule has 2 aromatic carbocycles. The number of hydrogen-bond donors (Lipinski definition) is 2. The molecule has 12 heteroatoms. The maximum atomic E-state index is 13.3. The number of aryl methyl sites for hydroxylation is 1. The molecule has 1 aliphatic heterocycles. The van der Waals surface area contributed by atoms with Crippen molar-refractivity contribution in [3.63, 3.8) is 0 Å². The highest BCUT2D eigenvalue weighted by molar-refractivity contribution is 6.39. The summed E-state index contributed by atoms with van der Waals surface area (Å²) in [5.41, 5.74) is 6.66. The summed E-state index contributed by atoms with van der Waals surface area (Å²) in [4.78, 5) is 36.3. The summed E-state index contributed by atoms with van der Waals surface area (Å²) in [6.45, 7) is 12.1.